The van der Waals surface area contributed by atoms with E-state index in [9.17, 15) is 13.2 Å². The second kappa shape index (κ2) is 8.86. The smallest absolute Gasteiger partial charge is 0.240 e. The van der Waals surface area contributed by atoms with Crippen LogP contribution in [0.25, 0.3) is 0 Å². The van der Waals surface area contributed by atoms with E-state index in [2.05, 4.69) is 15.6 Å². The maximum absolute atomic E-state index is 12.1. The highest BCUT2D eigenvalue weighted by Gasteiger charge is 2.27. The highest BCUT2D eigenvalue weighted by atomic mass is 32.2. The lowest BCUT2D eigenvalue weighted by molar-refractivity contribution is -0.120. The number of carbonyl (C=O) groups is 1. The van der Waals surface area contributed by atoms with Crippen molar-refractivity contribution in [2.45, 2.75) is 75.1 Å². The molecule has 0 bridgehead atoms. The van der Waals surface area contributed by atoms with Crippen LogP contribution in [0.4, 0.5) is 5.69 Å². The van der Waals surface area contributed by atoms with Gasteiger partial charge >= 0.3 is 0 Å². The molecule has 1 amide bonds. The normalized spacial score (nSPS) is 18.5. The predicted octanol–water partition coefficient (Wildman–Crippen LogP) is 3.32. The molecule has 0 saturated heterocycles. The first-order chi connectivity index (χ1) is 12.5. The summed E-state index contributed by atoms with van der Waals surface area (Å²) in [5.74, 6) is 0.760. The molecular formula is C19H29N3O3S. The predicted molar refractivity (Wildman–Crippen MR) is 102 cm³/mol. The zero-order valence-corrected chi connectivity index (χ0v) is 16.0. The molecule has 0 heterocycles. The van der Waals surface area contributed by atoms with Gasteiger partial charge in [0.1, 0.15) is 0 Å². The summed E-state index contributed by atoms with van der Waals surface area (Å²) in [6.45, 7) is 0. The molecule has 2 aliphatic rings. The number of benzene rings is 1. The highest BCUT2D eigenvalue weighted by molar-refractivity contribution is 7.89. The van der Waals surface area contributed by atoms with Crippen LogP contribution in [-0.4, -0.2) is 20.4 Å². The molecule has 144 valence electrons. The van der Waals surface area contributed by atoms with Gasteiger partial charge in [0.15, 0.2) is 0 Å². The fourth-order valence-electron chi connectivity index (χ4n) is 3.44. The number of carbonyl (C=O) groups excluding carboxylic acids is 1. The van der Waals surface area contributed by atoms with Crippen molar-refractivity contribution >= 4 is 21.6 Å². The van der Waals surface area contributed by atoms with Crippen LogP contribution < -0.4 is 15.6 Å². The molecule has 0 radical (unpaired) electrons. The first-order valence-corrected chi connectivity index (χ1v) is 11.2. The minimum absolute atomic E-state index is 0.0343. The van der Waals surface area contributed by atoms with Crippen LogP contribution >= 0.6 is 0 Å². The lowest BCUT2D eigenvalue weighted by atomic mass is 9.86. The number of sulfonamides is 1. The van der Waals surface area contributed by atoms with Gasteiger partial charge in [-0.15, -0.1) is 0 Å². The Bertz CT molecular complexity index is 693. The number of hydrogen-bond donors (Lipinski definition) is 3. The Hall–Kier alpha value is -1.60. The molecule has 7 heteroatoms. The summed E-state index contributed by atoms with van der Waals surface area (Å²) in [6.07, 6.45) is 11.0. The summed E-state index contributed by atoms with van der Waals surface area (Å²) in [7, 11) is -3.43. The van der Waals surface area contributed by atoms with Gasteiger partial charge in [0, 0.05) is 12.5 Å². The highest BCUT2D eigenvalue weighted by Crippen LogP contribution is 2.27. The number of hydrogen-bond acceptors (Lipinski definition) is 4. The number of rotatable bonds is 9. The molecule has 3 rings (SSSR count). The van der Waals surface area contributed by atoms with Gasteiger partial charge in [0.05, 0.1) is 10.6 Å². The number of nitrogens with one attached hydrogen (secondary N) is 3. The SMILES string of the molecule is O=C(CCCC1CCCCC1)NNc1ccc(S(=O)(=O)NC2CC2)cc1. The van der Waals surface area contributed by atoms with Crippen LogP contribution in [0.15, 0.2) is 29.2 Å². The first kappa shape index (κ1) is 19.2. The van der Waals surface area contributed by atoms with Crippen molar-refractivity contribution in [1.82, 2.24) is 10.1 Å². The zero-order valence-electron chi connectivity index (χ0n) is 15.2. The van der Waals surface area contributed by atoms with E-state index in [0.717, 1.165) is 31.6 Å². The third kappa shape index (κ3) is 5.99. The van der Waals surface area contributed by atoms with Gasteiger partial charge in [-0.1, -0.05) is 32.1 Å². The van der Waals surface area contributed by atoms with E-state index in [4.69, 9.17) is 0 Å². The molecule has 26 heavy (non-hydrogen) atoms. The first-order valence-electron chi connectivity index (χ1n) is 9.70. The lowest BCUT2D eigenvalue weighted by Gasteiger charge is -2.21. The standard InChI is InChI=1S/C19H29N3O3S/c23-19(8-4-7-15-5-2-1-3-6-15)21-20-16-11-13-18(14-12-16)26(24,25)22-17-9-10-17/h11-15,17,20,22H,1-10H2,(H,21,23). The third-order valence-corrected chi connectivity index (χ3v) is 6.69. The average molecular weight is 380 g/mol. The molecule has 2 saturated carbocycles. The maximum atomic E-state index is 12.1. The van der Waals surface area contributed by atoms with Crippen molar-refractivity contribution in [3.63, 3.8) is 0 Å². The Labute approximate surface area is 156 Å². The van der Waals surface area contributed by atoms with Crippen LogP contribution in [0.1, 0.15) is 64.2 Å². The van der Waals surface area contributed by atoms with E-state index in [0.29, 0.717) is 12.1 Å². The Morgan fingerprint density at radius 3 is 2.35 bits per heavy atom. The number of amides is 1. The van der Waals surface area contributed by atoms with Gasteiger partial charge < -0.3 is 0 Å². The van der Waals surface area contributed by atoms with E-state index in [1.807, 2.05) is 0 Å². The third-order valence-electron chi connectivity index (χ3n) is 5.15. The molecule has 1 aromatic rings. The summed E-state index contributed by atoms with van der Waals surface area (Å²) < 4.78 is 26.9. The monoisotopic (exact) mass is 379 g/mol. The zero-order chi connectivity index (χ0) is 18.4. The van der Waals surface area contributed by atoms with E-state index in [1.165, 1.54) is 32.1 Å². The molecule has 0 aliphatic heterocycles. The quantitative estimate of drug-likeness (QED) is 0.575. The molecular weight excluding hydrogens is 350 g/mol. The van der Waals surface area contributed by atoms with Gasteiger partial charge in [-0.25, -0.2) is 13.1 Å². The number of anilines is 1. The fourth-order valence-corrected chi connectivity index (χ4v) is 4.74. The summed E-state index contributed by atoms with van der Waals surface area (Å²) >= 11 is 0. The molecule has 1 aromatic carbocycles. The van der Waals surface area contributed by atoms with Crippen molar-refractivity contribution in [3.8, 4) is 0 Å². The summed E-state index contributed by atoms with van der Waals surface area (Å²) in [4.78, 5) is 12.2. The second-order valence-electron chi connectivity index (χ2n) is 7.49. The summed E-state index contributed by atoms with van der Waals surface area (Å²) in [5, 5.41) is 0. The van der Waals surface area contributed by atoms with Crippen LogP contribution in [0.2, 0.25) is 0 Å². The van der Waals surface area contributed by atoms with Gasteiger partial charge in [-0.3, -0.25) is 15.6 Å². The Morgan fingerprint density at radius 1 is 1.00 bits per heavy atom. The van der Waals surface area contributed by atoms with Gasteiger partial charge in [-0.2, -0.15) is 0 Å². The Morgan fingerprint density at radius 2 is 1.69 bits per heavy atom. The van der Waals surface area contributed by atoms with Crippen LogP contribution in [0, 0.1) is 5.92 Å². The topological polar surface area (TPSA) is 87.3 Å². The summed E-state index contributed by atoms with van der Waals surface area (Å²) in [6, 6.07) is 6.49. The lowest BCUT2D eigenvalue weighted by Crippen LogP contribution is -2.29. The van der Waals surface area contributed by atoms with E-state index in [1.54, 1.807) is 24.3 Å². The molecule has 2 fully saturated rings. The van der Waals surface area contributed by atoms with E-state index < -0.39 is 10.0 Å². The van der Waals surface area contributed by atoms with Crippen LogP contribution in [-0.2, 0) is 14.8 Å². The van der Waals surface area contributed by atoms with Gasteiger partial charge in [0.2, 0.25) is 15.9 Å². The fraction of sp³-hybridized carbons (Fsp3) is 0.632. The molecule has 0 aromatic heterocycles. The van der Waals surface area contributed by atoms with E-state index >= 15 is 0 Å². The van der Waals surface area contributed by atoms with Crippen molar-refractivity contribution in [2.24, 2.45) is 5.92 Å². The molecule has 0 spiro atoms. The Kier molecular flexibility index (Phi) is 6.53. The average Bonchev–Trinajstić information content (AvgIpc) is 3.44. The minimum atomic E-state index is -3.43. The maximum Gasteiger partial charge on any atom is 0.240 e. The second-order valence-corrected chi connectivity index (χ2v) is 9.20. The molecule has 6 nitrogen and oxygen atoms in total. The van der Waals surface area contributed by atoms with Gasteiger partial charge in [-0.05, 0) is 55.9 Å². The molecule has 2 aliphatic carbocycles. The number of hydrazine groups is 1. The minimum Gasteiger partial charge on any atom is -0.299 e. The van der Waals surface area contributed by atoms with Crippen molar-refractivity contribution in [3.05, 3.63) is 24.3 Å². The molecule has 0 atom stereocenters. The van der Waals surface area contributed by atoms with Gasteiger partial charge in [0.25, 0.3) is 0 Å². The Balaban J connectivity index is 1.37. The molecule has 3 N–H and O–H groups in total. The van der Waals surface area contributed by atoms with E-state index in [-0.39, 0.29) is 16.8 Å². The molecule has 0 unspecified atom stereocenters. The van der Waals surface area contributed by atoms with Crippen molar-refractivity contribution in [1.29, 1.82) is 0 Å². The summed E-state index contributed by atoms with van der Waals surface area (Å²) in [5.41, 5.74) is 6.20. The van der Waals surface area contributed by atoms with Crippen LogP contribution in [0.5, 0.6) is 0 Å². The van der Waals surface area contributed by atoms with Crippen molar-refractivity contribution < 1.29 is 13.2 Å². The largest absolute Gasteiger partial charge is 0.299 e. The van der Waals surface area contributed by atoms with Crippen molar-refractivity contribution in [2.75, 3.05) is 5.43 Å². The van der Waals surface area contributed by atoms with Crippen LogP contribution in [0.3, 0.4) is 0 Å².